The third-order valence-electron chi connectivity index (χ3n) is 4.51. The van der Waals surface area contributed by atoms with E-state index in [0.29, 0.717) is 16.0 Å². The Labute approximate surface area is 156 Å². The number of carbonyl (C=O) groups is 1. The van der Waals surface area contributed by atoms with Gasteiger partial charge in [0.25, 0.3) is 5.91 Å². The van der Waals surface area contributed by atoms with E-state index >= 15 is 0 Å². The summed E-state index contributed by atoms with van der Waals surface area (Å²) in [7, 11) is 0. The highest BCUT2D eigenvalue weighted by molar-refractivity contribution is 7.17. The van der Waals surface area contributed by atoms with E-state index < -0.39 is 0 Å². The van der Waals surface area contributed by atoms with Crippen molar-refractivity contribution in [3.8, 4) is 10.4 Å². The molecule has 2 unspecified atom stereocenters. The molecule has 0 spiro atoms. The quantitative estimate of drug-likeness (QED) is 0.818. The van der Waals surface area contributed by atoms with Crippen LogP contribution in [0.3, 0.4) is 0 Å². The summed E-state index contributed by atoms with van der Waals surface area (Å²) in [5, 5.41) is 1.05. The average Bonchev–Trinajstić information content (AvgIpc) is 3.06. The number of nitrogens with two attached hydrogens (primary N) is 1. The highest BCUT2D eigenvalue weighted by atomic mass is 35.5. The van der Waals surface area contributed by atoms with E-state index in [0.717, 1.165) is 41.2 Å². The van der Waals surface area contributed by atoms with Gasteiger partial charge >= 0.3 is 0 Å². The van der Waals surface area contributed by atoms with Crippen molar-refractivity contribution in [1.29, 1.82) is 0 Å². The SMILES string of the molecule is CC(N)C1CCCN(C(=O)c2ccc(-c3ccc(Cl)c(Cl)c3)s2)C1. The fourth-order valence-electron chi connectivity index (χ4n) is 3.04. The molecule has 1 aromatic carbocycles. The van der Waals surface area contributed by atoms with Gasteiger partial charge in [-0.25, -0.2) is 0 Å². The zero-order valence-corrected chi connectivity index (χ0v) is 15.8. The second-order valence-electron chi connectivity index (χ2n) is 6.31. The minimum absolute atomic E-state index is 0.0941. The Morgan fingerprint density at radius 1 is 1.29 bits per heavy atom. The van der Waals surface area contributed by atoms with Gasteiger partial charge in [-0.05, 0) is 55.5 Å². The van der Waals surface area contributed by atoms with Crippen LogP contribution in [-0.4, -0.2) is 29.9 Å². The number of carbonyl (C=O) groups excluding carboxylic acids is 1. The fraction of sp³-hybridized carbons (Fsp3) is 0.389. The molecule has 1 fully saturated rings. The number of benzene rings is 1. The van der Waals surface area contributed by atoms with Gasteiger partial charge in [-0.3, -0.25) is 4.79 Å². The maximum atomic E-state index is 12.8. The van der Waals surface area contributed by atoms with Crippen molar-refractivity contribution >= 4 is 40.4 Å². The zero-order valence-electron chi connectivity index (χ0n) is 13.5. The third kappa shape index (κ3) is 3.77. The smallest absolute Gasteiger partial charge is 0.263 e. The predicted octanol–water partition coefficient (Wildman–Crippen LogP) is 4.92. The molecule has 2 atom stereocenters. The van der Waals surface area contributed by atoms with E-state index in [2.05, 4.69) is 0 Å². The summed E-state index contributed by atoms with van der Waals surface area (Å²) >= 11 is 13.5. The lowest BCUT2D eigenvalue weighted by atomic mass is 9.92. The topological polar surface area (TPSA) is 46.3 Å². The molecule has 2 heterocycles. The van der Waals surface area contributed by atoms with E-state index in [4.69, 9.17) is 28.9 Å². The number of amides is 1. The van der Waals surface area contributed by atoms with Crippen LogP contribution in [0.15, 0.2) is 30.3 Å². The number of rotatable bonds is 3. The molecule has 3 rings (SSSR count). The molecule has 1 aromatic heterocycles. The number of nitrogens with zero attached hydrogens (tertiary/aromatic N) is 1. The van der Waals surface area contributed by atoms with Gasteiger partial charge in [0.15, 0.2) is 0 Å². The number of thiophene rings is 1. The van der Waals surface area contributed by atoms with Gasteiger partial charge in [-0.1, -0.05) is 29.3 Å². The summed E-state index contributed by atoms with van der Waals surface area (Å²) in [6.45, 7) is 3.57. The Balaban J connectivity index is 1.77. The molecule has 0 aliphatic carbocycles. The van der Waals surface area contributed by atoms with Crippen molar-refractivity contribution in [2.45, 2.75) is 25.8 Å². The molecule has 1 saturated heterocycles. The normalized spacial score (nSPS) is 19.3. The molecule has 0 bridgehead atoms. The molecular weight excluding hydrogens is 363 g/mol. The largest absolute Gasteiger partial charge is 0.338 e. The van der Waals surface area contributed by atoms with Crippen LogP contribution in [0.25, 0.3) is 10.4 Å². The first kappa shape index (κ1) is 17.7. The summed E-state index contributed by atoms with van der Waals surface area (Å²) < 4.78 is 0. The van der Waals surface area contributed by atoms with Gasteiger partial charge in [0.2, 0.25) is 0 Å². The Morgan fingerprint density at radius 2 is 2.08 bits per heavy atom. The van der Waals surface area contributed by atoms with E-state index in [1.54, 1.807) is 6.07 Å². The van der Waals surface area contributed by atoms with Crippen LogP contribution < -0.4 is 5.73 Å². The van der Waals surface area contributed by atoms with Crippen LogP contribution in [0, 0.1) is 5.92 Å². The molecular formula is C18H20Cl2N2OS. The summed E-state index contributed by atoms with van der Waals surface area (Å²) in [6.07, 6.45) is 2.11. The van der Waals surface area contributed by atoms with Gasteiger partial charge in [-0.2, -0.15) is 0 Å². The minimum Gasteiger partial charge on any atom is -0.338 e. The summed E-state index contributed by atoms with van der Waals surface area (Å²) in [6, 6.07) is 9.50. The van der Waals surface area contributed by atoms with Crippen LogP contribution >= 0.6 is 34.5 Å². The third-order valence-corrected chi connectivity index (χ3v) is 6.37. The van der Waals surface area contributed by atoms with Crippen molar-refractivity contribution in [1.82, 2.24) is 4.90 Å². The number of likely N-dealkylation sites (tertiary alicyclic amines) is 1. The fourth-order valence-corrected chi connectivity index (χ4v) is 4.31. The molecule has 0 radical (unpaired) electrons. The monoisotopic (exact) mass is 382 g/mol. The summed E-state index contributed by atoms with van der Waals surface area (Å²) in [5.74, 6) is 0.480. The maximum Gasteiger partial charge on any atom is 0.263 e. The van der Waals surface area contributed by atoms with E-state index in [1.807, 2.05) is 36.1 Å². The highest BCUT2D eigenvalue weighted by Gasteiger charge is 2.27. The first-order valence-corrected chi connectivity index (χ1v) is 9.63. The lowest BCUT2D eigenvalue weighted by Crippen LogP contribution is -2.44. The number of hydrogen-bond donors (Lipinski definition) is 1. The van der Waals surface area contributed by atoms with Gasteiger partial charge in [0.1, 0.15) is 0 Å². The van der Waals surface area contributed by atoms with Crippen LogP contribution in [0.2, 0.25) is 10.0 Å². The van der Waals surface area contributed by atoms with E-state index in [-0.39, 0.29) is 11.9 Å². The number of piperidine rings is 1. The Bertz CT molecular complexity index is 744. The standard InChI is InChI=1S/C18H20Cl2N2OS/c1-11(21)13-3-2-8-22(10-13)18(23)17-7-6-16(24-17)12-4-5-14(19)15(20)9-12/h4-7,9,11,13H,2-3,8,10,21H2,1H3. The molecule has 128 valence electrons. The van der Waals surface area contributed by atoms with E-state index in [9.17, 15) is 4.79 Å². The van der Waals surface area contributed by atoms with Crippen LogP contribution in [-0.2, 0) is 0 Å². The van der Waals surface area contributed by atoms with Gasteiger partial charge in [-0.15, -0.1) is 11.3 Å². The van der Waals surface area contributed by atoms with Gasteiger partial charge in [0.05, 0.1) is 14.9 Å². The van der Waals surface area contributed by atoms with Crippen molar-refractivity contribution in [2.75, 3.05) is 13.1 Å². The van der Waals surface area contributed by atoms with Crippen molar-refractivity contribution < 1.29 is 4.79 Å². The van der Waals surface area contributed by atoms with Crippen molar-refractivity contribution in [2.24, 2.45) is 11.7 Å². The Hall–Kier alpha value is -1.07. The summed E-state index contributed by atoms with van der Waals surface area (Å²) in [5.41, 5.74) is 6.99. The van der Waals surface area contributed by atoms with Gasteiger partial charge < -0.3 is 10.6 Å². The van der Waals surface area contributed by atoms with Gasteiger partial charge in [0, 0.05) is 24.0 Å². The lowest BCUT2D eigenvalue weighted by molar-refractivity contribution is 0.0666. The predicted molar refractivity (Wildman–Crippen MR) is 102 cm³/mol. The first-order chi connectivity index (χ1) is 11.5. The van der Waals surface area contributed by atoms with Crippen molar-refractivity contribution in [3.05, 3.63) is 45.3 Å². The van der Waals surface area contributed by atoms with Crippen LogP contribution in [0.4, 0.5) is 0 Å². The summed E-state index contributed by atoms with van der Waals surface area (Å²) in [4.78, 5) is 16.5. The molecule has 1 amide bonds. The lowest BCUT2D eigenvalue weighted by Gasteiger charge is -2.34. The second-order valence-corrected chi connectivity index (χ2v) is 8.20. The van der Waals surface area contributed by atoms with E-state index in [1.165, 1.54) is 11.3 Å². The maximum absolute atomic E-state index is 12.8. The van der Waals surface area contributed by atoms with Crippen molar-refractivity contribution in [3.63, 3.8) is 0 Å². The average molecular weight is 383 g/mol. The zero-order chi connectivity index (χ0) is 17.3. The first-order valence-electron chi connectivity index (χ1n) is 8.06. The molecule has 2 aromatic rings. The number of halogens is 2. The second kappa shape index (κ2) is 7.44. The number of hydrogen-bond acceptors (Lipinski definition) is 3. The molecule has 1 aliphatic rings. The molecule has 2 N–H and O–H groups in total. The highest BCUT2D eigenvalue weighted by Crippen LogP contribution is 2.33. The van der Waals surface area contributed by atoms with Crippen LogP contribution in [0.1, 0.15) is 29.4 Å². The molecule has 1 aliphatic heterocycles. The minimum atomic E-state index is 0.0941. The molecule has 6 heteroatoms. The Kier molecular flexibility index (Phi) is 5.50. The molecule has 0 saturated carbocycles. The Morgan fingerprint density at radius 3 is 2.79 bits per heavy atom. The molecule has 24 heavy (non-hydrogen) atoms. The molecule has 3 nitrogen and oxygen atoms in total. The van der Waals surface area contributed by atoms with Crippen LogP contribution in [0.5, 0.6) is 0 Å².